The number of aliphatic hydroxyl groups excluding tert-OH is 1. The molecule has 3 unspecified atom stereocenters. The van der Waals surface area contributed by atoms with Crippen molar-refractivity contribution in [2.75, 3.05) is 13.3 Å². The molecule has 1 fully saturated rings. The van der Waals surface area contributed by atoms with Crippen LogP contribution in [0.25, 0.3) is 0 Å². The molecule has 2 heterocycles. The van der Waals surface area contributed by atoms with E-state index in [2.05, 4.69) is 13.1 Å². The Balaban J connectivity index is 2.21. The zero-order valence-corrected chi connectivity index (χ0v) is 18.1. The van der Waals surface area contributed by atoms with Crippen molar-refractivity contribution >= 4 is 23.5 Å². The molecule has 1 aliphatic heterocycles. The minimum atomic E-state index is -5.80. The number of aromatic nitrogens is 2. The van der Waals surface area contributed by atoms with Crippen LogP contribution in [-0.2, 0) is 31.6 Å². The monoisotopic (exact) mass is 514 g/mol. The van der Waals surface area contributed by atoms with E-state index in [0.29, 0.717) is 0 Å². The number of phosphoric acid groups is 3. The summed E-state index contributed by atoms with van der Waals surface area (Å²) >= 11 is 0. The second-order valence-corrected chi connectivity index (χ2v) is 10.8. The number of halogens is 1. The van der Waals surface area contributed by atoms with Gasteiger partial charge in [-0.15, -0.1) is 0 Å². The number of aromatic amines is 1. The second kappa shape index (κ2) is 9.06. The minimum absolute atomic E-state index is 0.739. The summed E-state index contributed by atoms with van der Waals surface area (Å²) < 4.78 is 65.2. The SMILES string of the molecule is C[C@@H]1C(n2ccc(=O)[nH]c2=O)O[C@](CF)(COP(=O)(O)OP(=O)(O)OP(=O)(O)O)[C@H]1O. The van der Waals surface area contributed by atoms with Gasteiger partial charge >= 0.3 is 29.2 Å². The molecule has 1 aliphatic rings. The molecular weight excluding hydrogens is 496 g/mol. The van der Waals surface area contributed by atoms with Gasteiger partial charge in [0, 0.05) is 18.2 Å². The van der Waals surface area contributed by atoms with E-state index in [1.165, 1.54) is 6.92 Å². The van der Waals surface area contributed by atoms with Gasteiger partial charge < -0.3 is 29.4 Å². The van der Waals surface area contributed by atoms with E-state index >= 15 is 0 Å². The van der Waals surface area contributed by atoms with Crippen LogP contribution >= 0.6 is 23.5 Å². The van der Waals surface area contributed by atoms with Crippen LogP contribution in [-0.4, -0.2) is 59.2 Å². The highest BCUT2D eigenvalue weighted by molar-refractivity contribution is 7.66. The number of ether oxygens (including phenoxy) is 1. The van der Waals surface area contributed by atoms with Gasteiger partial charge in [0.15, 0.2) is 0 Å². The maximum atomic E-state index is 13.8. The average Bonchev–Trinajstić information content (AvgIpc) is 2.82. The van der Waals surface area contributed by atoms with Crippen molar-refractivity contribution in [2.24, 2.45) is 5.92 Å². The summed E-state index contributed by atoms with van der Waals surface area (Å²) in [5.41, 5.74) is -4.07. The van der Waals surface area contributed by atoms with Crippen molar-refractivity contribution < 1.29 is 60.6 Å². The largest absolute Gasteiger partial charge is 0.490 e. The van der Waals surface area contributed by atoms with Crippen LogP contribution in [0, 0.1) is 5.92 Å². The predicted octanol–water partition coefficient (Wildman–Crippen LogP) is -0.886. The number of nitrogens with one attached hydrogen (secondary N) is 1. The van der Waals surface area contributed by atoms with Crippen molar-refractivity contribution in [3.63, 3.8) is 0 Å². The third-order valence-corrected chi connectivity index (χ3v) is 7.86. The van der Waals surface area contributed by atoms with Gasteiger partial charge in [-0.05, 0) is 0 Å². The Labute approximate surface area is 171 Å². The van der Waals surface area contributed by atoms with Gasteiger partial charge in [0.05, 0.1) is 12.7 Å². The standard InChI is InChI=1S/C11H18FN2O14P3/c1-6-8(16)11(4-12,26-9(6)14-3-2-7(15)13-10(14)17)5-25-30(21,22)28-31(23,24)27-29(18,19)20/h2-3,6,8-9,16H,4-5H2,1H3,(H,21,22)(H,23,24)(H,13,15,17)(H2,18,19,20)/t6-,8-,9?,11+/m0/s1. The topological polar surface area (TPSA) is 244 Å². The summed E-state index contributed by atoms with van der Waals surface area (Å²) in [6, 6.07) is 0.950. The molecule has 0 aromatic carbocycles. The third-order valence-electron chi connectivity index (χ3n) is 4.08. The van der Waals surface area contributed by atoms with E-state index in [4.69, 9.17) is 19.4 Å². The lowest BCUT2D eigenvalue weighted by Crippen LogP contribution is -2.47. The van der Waals surface area contributed by atoms with Gasteiger partial charge in [-0.25, -0.2) is 22.9 Å². The van der Waals surface area contributed by atoms with Crippen molar-refractivity contribution in [3.05, 3.63) is 33.1 Å². The Bertz CT molecular complexity index is 1070. The van der Waals surface area contributed by atoms with E-state index in [0.717, 1.165) is 16.8 Å². The molecule has 178 valence electrons. The van der Waals surface area contributed by atoms with Crippen molar-refractivity contribution in [1.29, 1.82) is 0 Å². The summed E-state index contributed by atoms with van der Waals surface area (Å²) in [5.74, 6) is -1.02. The molecule has 0 amide bonds. The Morgan fingerprint density at radius 3 is 2.32 bits per heavy atom. The Morgan fingerprint density at radius 1 is 1.19 bits per heavy atom. The molecule has 31 heavy (non-hydrogen) atoms. The second-order valence-electron chi connectivity index (χ2n) is 6.39. The summed E-state index contributed by atoms with van der Waals surface area (Å²) in [6.45, 7) is -1.48. The first-order valence-electron chi connectivity index (χ1n) is 8.02. The van der Waals surface area contributed by atoms with Crippen LogP contribution in [0.3, 0.4) is 0 Å². The molecule has 6 N–H and O–H groups in total. The molecule has 1 saturated heterocycles. The van der Waals surface area contributed by atoms with Gasteiger partial charge in [-0.2, -0.15) is 8.62 Å². The zero-order chi connectivity index (χ0) is 23.8. The highest BCUT2D eigenvalue weighted by atomic mass is 31.3. The molecule has 16 nitrogen and oxygen atoms in total. The molecule has 20 heteroatoms. The van der Waals surface area contributed by atoms with E-state index in [-0.39, 0.29) is 0 Å². The molecule has 2 rings (SSSR count). The number of hydrogen-bond donors (Lipinski definition) is 6. The maximum absolute atomic E-state index is 13.8. The first kappa shape index (κ1) is 26.2. The van der Waals surface area contributed by atoms with Crippen LogP contribution in [0.1, 0.15) is 13.2 Å². The number of H-pyrrole nitrogens is 1. The van der Waals surface area contributed by atoms with Gasteiger partial charge in [-0.3, -0.25) is 18.9 Å². The maximum Gasteiger partial charge on any atom is 0.490 e. The summed E-state index contributed by atoms with van der Waals surface area (Å²) in [5, 5.41) is 10.4. The van der Waals surface area contributed by atoms with E-state index in [9.17, 15) is 37.7 Å². The predicted molar refractivity (Wildman–Crippen MR) is 95.1 cm³/mol. The molecule has 0 bridgehead atoms. The molecule has 0 aliphatic carbocycles. The van der Waals surface area contributed by atoms with Crippen LogP contribution in [0.4, 0.5) is 4.39 Å². The van der Waals surface area contributed by atoms with Crippen molar-refractivity contribution in [1.82, 2.24) is 9.55 Å². The number of phosphoric ester groups is 1. The van der Waals surface area contributed by atoms with Crippen LogP contribution < -0.4 is 11.2 Å². The Hall–Kier alpha value is -1.06. The summed E-state index contributed by atoms with van der Waals surface area (Å²) in [6.07, 6.45) is -2.11. The normalized spacial score (nSPS) is 30.6. The summed E-state index contributed by atoms with van der Waals surface area (Å²) in [4.78, 5) is 60.7. The van der Waals surface area contributed by atoms with Crippen LogP contribution in [0.2, 0.25) is 0 Å². The minimum Gasteiger partial charge on any atom is -0.389 e. The number of alkyl halides is 1. The quantitative estimate of drug-likeness (QED) is 0.219. The fourth-order valence-corrected chi connectivity index (χ4v) is 5.83. The van der Waals surface area contributed by atoms with Crippen molar-refractivity contribution in [3.8, 4) is 0 Å². The number of nitrogens with zero attached hydrogens (tertiary/aromatic N) is 1. The van der Waals surface area contributed by atoms with E-state index in [1.54, 1.807) is 0 Å². The number of rotatable bonds is 9. The van der Waals surface area contributed by atoms with Gasteiger partial charge in [0.1, 0.15) is 18.5 Å². The lowest BCUT2D eigenvalue weighted by molar-refractivity contribution is -0.136. The molecule has 0 spiro atoms. The molecular formula is C11H18FN2O14P3. The van der Waals surface area contributed by atoms with Gasteiger partial charge in [0.25, 0.3) is 5.56 Å². The molecule has 1 aromatic heterocycles. The molecule has 1 aromatic rings. The van der Waals surface area contributed by atoms with Crippen LogP contribution in [0.15, 0.2) is 21.9 Å². The lowest BCUT2D eigenvalue weighted by Gasteiger charge is -2.29. The fourth-order valence-electron chi connectivity index (χ4n) is 2.75. The van der Waals surface area contributed by atoms with Crippen LogP contribution in [0.5, 0.6) is 0 Å². The van der Waals surface area contributed by atoms with Gasteiger partial charge in [0.2, 0.25) is 0 Å². The molecule has 0 radical (unpaired) electrons. The van der Waals surface area contributed by atoms with E-state index in [1.807, 2.05) is 4.98 Å². The molecule has 6 atom stereocenters. The van der Waals surface area contributed by atoms with Crippen molar-refractivity contribution in [2.45, 2.75) is 24.9 Å². The molecule has 0 saturated carbocycles. The fraction of sp³-hybridized carbons (Fsp3) is 0.636. The highest BCUT2D eigenvalue weighted by Crippen LogP contribution is 2.66. The zero-order valence-electron chi connectivity index (χ0n) is 15.4. The Morgan fingerprint density at radius 2 is 1.81 bits per heavy atom. The summed E-state index contributed by atoms with van der Waals surface area (Å²) in [7, 11) is -17.0. The lowest BCUT2D eigenvalue weighted by atomic mass is 9.92. The first-order chi connectivity index (χ1) is 14.0. The third kappa shape index (κ3) is 6.48. The average molecular weight is 514 g/mol. The number of hydrogen-bond acceptors (Lipinski definition) is 10. The van der Waals surface area contributed by atoms with Gasteiger partial charge in [-0.1, -0.05) is 6.92 Å². The first-order valence-corrected chi connectivity index (χ1v) is 12.5. The Kier molecular flexibility index (Phi) is 7.65. The van der Waals surface area contributed by atoms with E-state index < -0.39 is 71.8 Å². The highest BCUT2D eigenvalue weighted by Gasteiger charge is 2.55. The number of aliphatic hydroxyl groups is 1. The smallest absolute Gasteiger partial charge is 0.389 e.